The molecule has 88 valence electrons. The average molecular weight is 250 g/mol. The fraction of sp³-hybridized carbons (Fsp3) is 0.100. The highest BCUT2D eigenvalue weighted by Crippen LogP contribution is 2.38. The summed E-state index contributed by atoms with van der Waals surface area (Å²) in [5.74, 6) is -0.172. The van der Waals surface area contributed by atoms with Gasteiger partial charge in [0.05, 0.1) is 5.52 Å². The summed E-state index contributed by atoms with van der Waals surface area (Å²) in [4.78, 5) is 0. The van der Waals surface area contributed by atoms with Crippen molar-refractivity contribution >= 4 is 33.9 Å². The maximum Gasteiger partial charge on any atom is 0.222 e. The van der Waals surface area contributed by atoms with Gasteiger partial charge in [-0.3, -0.25) is 4.57 Å². The second-order valence-corrected chi connectivity index (χ2v) is 3.72. The van der Waals surface area contributed by atoms with E-state index >= 15 is 0 Å². The highest BCUT2D eigenvalue weighted by Gasteiger charge is 2.15. The fourth-order valence-corrected chi connectivity index (χ4v) is 1.65. The number of aromatic nitrogens is 1. The lowest BCUT2D eigenvalue weighted by atomic mass is 10.2. The largest absolute Gasteiger partial charge is 0.493 e. The van der Waals surface area contributed by atoms with Crippen LogP contribution < -0.4 is 5.73 Å². The lowest BCUT2D eigenvalue weighted by Gasteiger charge is -1.99. The third kappa shape index (κ3) is 1.97. The zero-order chi connectivity index (χ0) is 12.4. The van der Waals surface area contributed by atoms with Crippen molar-refractivity contribution in [2.75, 3.05) is 0 Å². The molecule has 0 aliphatic heterocycles. The number of aliphatic hydroxyl groups excluding tert-OH is 1. The van der Waals surface area contributed by atoms with Crippen molar-refractivity contribution in [1.82, 2.24) is 4.57 Å². The van der Waals surface area contributed by atoms with E-state index in [-0.39, 0.29) is 23.4 Å². The summed E-state index contributed by atoms with van der Waals surface area (Å²) in [5.41, 5.74) is 6.10. The number of hydrogen-bond donors (Lipinski definition) is 3. The molecule has 0 aliphatic rings. The van der Waals surface area contributed by atoms with Gasteiger partial charge in [-0.1, -0.05) is 18.2 Å². The number of thiocarbonyl (C=S) groups is 1. The van der Waals surface area contributed by atoms with Gasteiger partial charge >= 0.3 is 0 Å². The number of azo groups is 1. The smallest absolute Gasteiger partial charge is 0.222 e. The predicted octanol–water partition coefficient (Wildman–Crippen LogP) is 1.62. The molecule has 2 rings (SSSR count). The Kier molecular flexibility index (Phi) is 3.03. The molecule has 0 unspecified atom stereocenters. The number of aromatic hydroxyl groups is 1. The SMILES string of the molecule is NC(=S)N=Nc1c(O)n(CO)c2ccccc12. The van der Waals surface area contributed by atoms with E-state index in [2.05, 4.69) is 22.4 Å². The molecule has 1 heterocycles. The Morgan fingerprint density at radius 2 is 2.12 bits per heavy atom. The van der Waals surface area contributed by atoms with Crippen LogP contribution >= 0.6 is 12.2 Å². The Hall–Kier alpha value is -1.99. The molecule has 6 nitrogen and oxygen atoms in total. The van der Waals surface area contributed by atoms with Gasteiger partial charge in [-0.15, -0.1) is 10.2 Å². The van der Waals surface area contributed by atoms with Gasteiger partial charge < -0.3 is 15.9 Å². The van der Waals surface area contributed by atoms with Crippen molar-refractivity contribution in [2.24, 2.45) is 16.0 Å². The van der Waals surface area contributed by atoms with Crippen LogP contribution in [0, 0.1) is 0 Å². The average Bonchev–Trinajstić information content (AvgIpc) is 2.58. The van der Waals surface area contributed by atoms with Gasteiger partial charge in [0, 0.05) is 5.39 Å². The van der Waals surface area contributed by atoms with Crippen LogP contribution in [-0.2, 0) is 6.73 Å². The van der Waals surface area contributed by atoms with E-state index in [1.54, 1.807) is 24.3 Å². The minimum absolute atomic E-state index is 0.120. The van der Waals surface area contributed by atoms with Gasteiger partial charge in [-0.2, -0.15) is 0 Å². The highest BCUT2D eigenvalue weighted by atomic mass is 32.1. The molecular formula is C10H10N4O2S. The zero-order valence-corrected chi connectivity index (χ0v) is 9.55. The molecule has 0 aliphatic carbocycles. The van der Waals surface area contributed by atoms with E-state index in [9.17, 15) is 10.2 Å². The van der Waals surface area contributed by atoms with Crippen LogP contribution in [0.25, 0.3) is 10.9 Å². The van der Waals surface area contributed by atoms with Crippen molar-refractivity contribution in [3.8, 4) is 5.88 Å². The minimum atomic E-state index is -0.352. The molecule has 0 radical (unpaired) electrons. The van der Waals surface area contributed by atoms with E-state index in [4.69, 9.17) is 5.73 Å². The van der Waals surface area contributed by atoms with Crippen LogP contribution in [0.15, 0.2) is 34.5 Å². The maximum absolute atomic E-state index is 9.89. The summed E-state index contributed by atoms with van der Waals surface area (Å²) in [5, 5.41) is 26.9. The van der Waals surface area contributed by atoms with Gasteiger partial charge in [0.1, 0.15) is 6.73 Å². The number of aliphatic hydroxyl groups is 1. The van der Waals surface area contributed by atoms with Crippen molar-refractivity contribution in [1.29, 1.82) is 0 Å². The van der Waals surface area contributed by atoms with Gasteiger partial charge in [0.25, 0.3) is 0 Å². The van der Waals surface area contributed by atoms with Crippen molar-refractivity contribution < 1.29 is 10.2 Å². The molecule has 1 aromatic heterocycles. The third-order valence-electron chi connectivity index (χ3n) is 2.31. The number of fused-ring (bicyclic) bond motifs is 1. The molecule has 1 aromatic carbocycles. The van der Waals surface area contributed by atoms with Gasteiger partial charge in [-0.05, 0) is 18.3 Å². The number of hydrogen-bond acceptors (Lipinski definition) is 4. The molecule has 4 N–H and O–H groups in total. The summed E-state index contributed by atoms with van der Waals surface area (Å²) in [6.07, 6.45) is 0. The Morgan fingerprint density at radius 3 is 2.76 bits per heavy atom. The third-order valence-corrected chi connectivity index (χ3v) is 2.39. The molecule has 0 saturated heterocycles. The Bertz CT molecular complexity index is 606. The standard InChI is InChI=1S/C10H10N4O2S/c11-10(17)13-12-8-6-3-1-2-4-7(6)14(5-15)9(8)16/h1-4,15-16H,5H2,(H2,11,17). The van der Waals surface area contributed by atoms with Gasteiger partial charge in [0.15, 0.2) is 5.69 Å². The first kappa shape index (κ1) is 11.5. The zero-order valence-electron chi connectivity index (χ0n) is 8.74. The summed E-state index contributed by atoms with van der Waals surface area (Å²) in [6, 6.07) is 7.10. The number of benzene rings is 1. The first-order valence-corrected chi connectivity index (χ1v) is 5.18. The van der Waals surface area contributed by atoms with Crippen LogP contribution in [0.4, 0.5) is 5.69 Å². The van der Waals surface area contributed by atoms with Crippen LogP contribution in [0.3, 0.4) is 0 Å². The number of rotatable bonds is 2. The topological polar surface area (TPSA) is 96.1 Å². The number of nitrogens with zero attached hydrogens (tertiary/aromatic N) is 3. The van der Waals surface area contributed by atoms with Crippen LogP contribution in [0.2, 0.25) is 0 Å². The van der Waals surface area contributed by atoms with Gasteiger partial charge in [-0.25, -0.2) is 0 Å². The van der Waals surface area contributed by atoms with Crippen molar-refractivity contribution in [3.05, 3.63) is 24.3 Å². The molecule has 0 amide bonds. The fourth-order valence-electron chi connectivity index (χ4n) is 1.61. The van der Waals surface area contributed by atoms with E-state index in [0.717, 1.165) is 0 Å². The molecule has 7 heteroatoms. The van der Waals surface area contributed by atoms with E-state index < -0.39 is 0 Å². The molecule has 0 bridgehead atoms. The molecular weight excluding hydrogens is 240 g/mol. The van der Waals surface area contributed by atoms with E-state index in [1.807, 2.05) is 0 Å². The van der Waals surface area contributed by atoms with E-state index in [0.29, 0.717) is 10.9 Å². The molecule has 2 aromatic rings. The minimum Gasteiger partial charge on any atom is -0.493 e. The first-order chi connectivity index (χ1) is 8.15. The van der Waals surface area contributed by atoms with Crippen molar-refractivity contribution in [2.45, 2.75) is 6.73 Å². The quantitative estimate of drug-likeness (QED) is 0.557. The Balaban J connectivity index is 2.70. The van der Waals surface area contributed by atoms with Crippen LogP contribution in [0.5, 0.6) is 5.88 Å². The maximum atomic E-state index is 9.89. The summed E-state index contributed by atoms with van der Waals surface area (Å²) >= 11 is 4.58. The Morgan fingerprint density at radius 1 is 1.41 bits per heavy atom. The summed E-state index contributed by atoms with van der Waals surface area (Å²) in [7, 11) is 0. The number of nitrogens with two attached hydrogens (primary N) is 1. The second kappa shape index (κ2) is 4.48. The predicted molar refractivity (Wildman–Crippen MR) is 67.1 cm³/mol. The summed E-state index contributed by atoms with van der Waals surface area (Å²) in [6.45, 7) is -0.352. The lowest BCUT2D eigenvalue weighted by molar-refractivity contribution is 0.202. The molecule has 0 saturated carbocycles. The lowest BCUT2D eigenvalue weighted by Crippen LogP contribution is -2.01. The first-order valence-electron chi connectivity index (χ1n) is 4.77. The normalized spacial score (nSPS) is 11.4. The number of para-hydroxylation sites is 1. The molecule has 0 fully saturated rings. The van der Waals surface area contributed by atoms with Gasteiger partial charge in [0.2, 0.25) is 11.0 Å². The molecule has 0 spiro atoms. The Labute approximate surface area is 102 Å². The summed E-state index contributed by atoms with van der Waals surface area (Å²) < 4.78 is 1.31. The monoisotopic (exact) mass is 250 g/mol. The van der Waals surface area contributed by atoms with Crippen LogP contribution in [-0.4, -0.2) is 19.9 Å². The van der Waals surface area contributed by atoms with Crippen molar-refractivity contribution in [3.63, 3.8) is 0 Å². The highest BCUT2D eigenvalue weighted by molar-refractivity contribution is 7.80. The molecule has 0 atom stereocenters. The van der Waals surface area contributed by atoms with Crippen LogP contribution in [0.1, 0.15) is 0 Å². The van der Waals surface area contributed by atoms with E-state index in [1.165, 1.54) is 4.57 Å². The molecule has 17 heavy (non-hydrogen) atoms. The second-order valence-electron chi connectivity index (χ2n) is 3.30.